The Morgan fingerprint density at radius 1 is 1.27 bits per heavy atom. The van der Waals surface area contributed by atoms with Crippen molar-refractivity contribution < 1.29 is 5.11 Å². The maximum atomic E-state index is 9.56. The molecule has 0 aliphatic carbocycles. The van der Waals surface area contributed by atoms with Crippen LogP contribution in [0, 0.1) is 5.41 Å². The van der Waals surface area contributed by atoms with Gasteiger partial charge in [0, 0.05) is 5.41 Å². The van der Waals surface area contributed by atoms with Gasteiger partial charge in [0.25, 0.3) is 0 Å². The molecule has 0 atom stereocenters. The van der Waals surface area contributed by atoms with Crippen LogP contribution in [0.2, 0.25) is 0 Å². The monoisotopic (exact) mass is 202 g/mol. The third kappa shape index (κ3) is 3.86. The number of nitrogens with zero attached hydrogens (tertiary/aromatic N) is 1. The van der Waals surface area contributed by atoms with Gasteiger partial charge in [-0.1, -0.05) is 39.0 Å². The first-order valence-electron chi connectivity index (χ1n) is 4.90. The van der Waals surface area contributed by atoms with E-state index in [1.165, 1.54) is 0 Å². The Labute approximate surface area is 90.3 Å². The van der Waals surface area contributed by atoms with Gasteiger partial charge in [0.1, 0.15) is 0 Å². The summed E-state index contributed by atoms with van der Waals surface area (Å²) in [5.41, 5.74) is 0.695. The van der Waals surface area contributed by atoms with Crippen LogP contribution in [-0.2, 0) is 0 Å². The van der Waals surface area contributed by atoms with Gasteiger partial charge in [-0.25, -0.2) is 0 Å². The van der Waals surface area contributed by atoms with Crippen LogP contribution >= 0.6 is 0 Å². The molecule has 1 rings (SSSR count). The first-order chi connectivity index (χ1) is 7.00. The standard InChI is InChI=1S/C13H15NO/c1-13(2,3)12(15)10-14-9-11-7-5-4-6-8-11/h4-9H,1-3H3/p+1. The first-order valence-corrected chi connectivity index (χ1v) is 4.90. The van der Waals surface area contributed by atoms with Gasteiger partial charge < -0.3 is 5.11 Å². The molecule has 1 aromatic rings. The second-order valence-corrected chi connectivity index (χ2v) is 4.38. The van der Waals surface area contributed by atoms with Crippen molar-refractivity contribution in [3.05, 3.63) is 41.7 Å². The molecule has 0 aliphatic rings. The molecule has 0 heterocycles. The van der Waals surface area contributed by atoms with Gasteiger partial charge in [-0.2, -0.15) is 0 Å². The Kier molecular flexibility index (Phi) is 3.51. The van der Waals surface area contributed by atoms with E-state index in [9.17, 15) is 5.11 Å². The third-order valence-electron chi connectivity index (χ3n) is 1.89. The molecule has 0 bridgehead atoms. The number of benzene rings is 1. The van der Waals surface area contributed by atoms with E-state index < -0.39 is 0 Å². The minimum atomic E-state index is -0.298. The van der Waals surface area contributed by atoms with E-state index in [0.29, 0.717) is 0 Å². The summed E-state index contributed by atoms with van der Waals surface area (Å²) in [7, 11) is 0. The Hall–Kier alpha value is -1.75. The molecule has 0 radical (unpaired) electrons. The summed E-state index contributed by atoms with van der Waals surface area (Å²) >= 11 is 0. The van der Waals surface area contributed by atoms with E-state index in [0.717, 1.165) is 5.56 Å². The summed E-state index contributed by atoms with van der Waals surface area (Å²) < 4.78 is 3.95. The van der Waals surface area contributed by atoms with Crippen LogP contribution in [0.25, 0.3) is 0 Å². The van der Waals surface area contributed by atoms with Gasteiger partial charge in [0.2, 0.25) is 5.76 Å². The highest BCUT2D eigenvalue weighted by molar-refractivity contribution is 5.80. The molecule has 0 amide bonds. The van der Waals surface area contributed by atoms with Crippen LogP contribution in [0.5, 0.6) is 0 Å². The topological polar surface area (TPSA) is 34.3 Å². The maximum Gasteiger partial charge on any atom is 0.353 e. The van der Waals surface area contributed by atoms with Crippen molar-refractivity contribution in [2.75, 3.05) is 0 Å². The van der Waals surface area contributed by atoms with Crippen molar-refractivity contribution in [1.82, 2.24) is 4.67 Å². The molecule has 2 nitrogen and oxygen atoms in total. The number of hydrogen-bond donors (Lipinski definition) is 1. The van der Waals surface area contributed by atoms with Crippen LogP contribution in [0.15, 0.2) is 36.1 Å². The molecule has 0 spiro atoms. The Bertz CT molecular complexity index is 414. The van der Waals surface area contributed by atoms with Crippen LogP contribution < -0.4 is 4.67 Å². The highest BCUT2D eigenvalue weighted by Gasteiger charge is 2.18. The highest BCUT2D eigenvalue weighted by atomic mass is 16.3. The molecule has 78 valence electrons. The zero-order valence-corrected chi connectivity index (χ0v) is 9.36. The molecular weight excluding hydrogens is 186 g/mol. The van der Waals surface area contributed by atoms with E-state index in [1.807, 2.05) is 51.1 Å². The van der Waals surface area contributed by atoms with E-state index in [-0.39, 0.29) is 11.2 Å². The first kappa shape index (κ1) is 11.3. The summed E-state index contributed by atoms with van der Waals surface area (Å²) in [5, 5.41) is 9.56. The number of aliphatic hydroxyl groups is 1. The number of hydrogen-bond acceptors (Lipinski definition) is 1. The van der Waals surface area contributed by atoms with Gasteiger partial charge in [0.15, 0.2) is 0 Å². The van der Waals surface area contributed by atoms with Crippen LogP contribution in [0.4, 0.5) is 0 Å². The van der Waals surface area contributed by atoms with Crippen molar-refractivity contribution >= 4 is 12.1 Å². The average Bonchev–Trinajstić information content (AvgIpc) is 2.18. The summed E-state index contributed by atoms with van der Waals surface area (Å²) in [5.74, 6) is 2.77. The van der Waals surface area contributed by atoms with E-state index in [1.54, 1.807) is 6.21 Å². The van der Waals surface area contributed by atoms with Crippen LogP contribution in [-0.4, -0.2) is 17.2 Å². The second kappa shape index (κ2) is 4.65. The van der Waals surface area contributed by atoms with E-state index in [4.69, 9.17) is 0 Å². The minimum Gasteiger partial charge on any atom is -0.499 e. The third-order valence-corrected chi connectivity index (χ3v) is 1.89. The molecule has 0 aliphatic heterocycles. The van der Waals surface area contributed by atoms with Crippen LogP contribution in [0.3, 0.4) is 0 Å². The van der Waals surface area contributed by atoms with Crippen molar-refractivity contribution in [2.24, 2.45) is 5.41 Å². The largest absolute Gasteiger partial charge is 0.499 e. The summed E-state index contributed by atoms with van der Waals surface area (Å²) in [6.07, 6.45) is 1.67. The SMILES string of the molecule is CC(C)(C)C(O)=C=[N+]=Cc1ccccc1. The van der Waals surface area contributed by atoms with Gasteiger partial charge in [-0.15, -0.1) is 0 Å². The van der Waals surface area contributed by atoms with E-state index in [2.05, 4.69) is 10.5 Å². The fourth-order valence-electron chi connectivity index (χ4n) is 0.875. The molecule has 1 N–H and O–H groups in total. The summed E-state index contributed by atoms with van der Waals surface area (Å²) in [6.45, 7) is 5.73. The predicted octanol–water partition coefficient (Wildman–Crippen LogP) is 2.33. The lowest BCUT2D eigenvalue weighted by Gasteiger charge is -2.10. The van der Waals surface area contributed by atoms with E-state index >= 15 is 0 Å². The molecule has 15 heavy (non-hydrogen) atoms. The molecule has 0 fully saturated rings. The minimum absolute atomic E-state index is 0.162. The molecule has 0 saturated carbocycles. The molecular formula is C13H16NO+. The van der Waals surface area contributed by atoms with Crippen molar-refractivity contribution in [1.29, 1.82) is 0 Å². The predicted molar refractivity (Wildman–Crippen MR) is 64.3 cm³/mol. The Morgan fingerprint density at radius 2 is 1.87 bits per heavy atom. The Balaban J connectivity index is 2.96. The van der Waals surface area contributed by atoms with Gasteiger partial charge in [-0.05, 0) is 16.8 Å². The lowest BCUT2D eigenvalue weighted by atomic mass is 9.95. The maximum absolute atomic E-state index is 9.56. The number of allylic oxidation sites excluding steroid dienone is 1. The normalized spacial score (nSPS) is 10.1. The molecule has 0 saturated heterocycles. The zero-order chi connectivity index (χ0) is 11.3. The summed E-state index contributed by atoms with van der Waals surface area (Å²) in [6, 6.07) is 9.71. The quantitative estimate of drug-likeness (QED) is 0.423. The molecule has 2 heteroatoms. The molecule has 0 unspecified atom stereocenters. The van der Waals surface area contributed by atoms with Gasteiger partial charge in [-0.3, -0.25) is 0 Å². The van der Waals surface area contributed by atoms with Crippen molar-refractivity contribution in [3.63, 3.8) is 0 Å². The fraction of sp³-hybridized carbons (Fsp3) is 0.308. The average molecular weight is 202 g/mol. The molecule has 1 aromatic carbocycles. The Morgan fingerprint density at radius 3 is 2.40 bits per heavy atom. The van der Waals surface area contributed by atoms with Crippen molar-refractivity contribution in [2.45, 2.75) is 20.8 Å². The number of rotatable bonds is 1. The van der Waals surface area contributed by atoms with Gasteiger partial charge in [0.05, 0.1) is 5.56 Å². The smallest absolute Gasteiger partial charge is 0.353 e. The summed E-state index contributed by atoms with van der Waals surface area (Å²) in [4.78, 5) is 0. The molecule has 0 aromatic heterocycles. The number of aliphatic hydroxyl groups excluding tert-OH is 1. The lowest BCUT2D eigenvalue weighted by molar-refractivity contribution is 0.286. The fourth-order valence-corrected chi connectivity index (χ4v) is 0.875. The van der Waals surface area contributed by atoms with Crippen LogP contribution in [0.1, 0.15) is 26.3 Å². The highest BCUT2D eigenvalue weighted by Crippen LogP contribution is 2.19. The van der Waals surface area contributed by atoms with Gasteiger partial charge >= 0.3 is 12.1 Å². The lowest BCUT2D eigenvalue weighted by Crippen LogP contribution is -2.09. The van der Waals surface area contributed by atoms with Crippen molar-refractivity contribution in [3.8, 4) is 0 Å². The zero-order valence-electron chi connectivity index (χ0n) is 9.36. The second-order valence-electron chi connectivity index (χ2n) is 4.38.